The van der Waals surface area contributed by atoms with Crippen LogP contribution in [0, 0.1) is 0 Å². The first-order valence-electron chi connectivity index (χ1n) is 10.2. The zero-order valence-electron chi connectivity index (χ0n) is 16.8. The van der Waals surface area contributed by atoms with Crippen molar-refractivity contribution in [3.8, 4) is 0 Å². The van der Waals surface area contributed by atoms with Crippen molar-refractivity contribution in [2.45, 2.75) is 25.3 Å². The van der Waals surface area contributed by atoms with Crippen molar-refractivity contribution in [2.24, 2.45) is 0 Å². The Morgan fingerprint density at radius 2 is 1.86 bits per heavy atom. The standard InChI is InChI=1S/C25H25N3O/c1-28(2)18-11-13-24-22(15-18)21-14-17(10-12-23(21)27-24)26-25(29)20-9-5-7-16-6-3-4-8-19(16)20/h3-10,12,14,18,27H,11,13,15H2,1-2H3,(H,26,29). The molecule has 1 amide bonds. The van der Waals surface area contributed by atoms with Crippen LogP contribution in [0.15, 0.2) is 60.7 Å². The van der Waals surface area contributed by atoms with E-state index in [9.17, 15) is 4.79 Å². The second-order valence-corrected chi connectivity index (χ2v) is 8.18. The number of nitrogens with zero attached hydrogens (tertiary/aromatic N) is 1. The van der Waals surface area contributed by atoms with Crippen LogP contribution < -0.4 is 5.32 Å². The molecule has 4 heteroatoms. The number of anilines is 1. The van der Waals surface area contributed by atoms with Crippen LogP contribution in [0.1, 0.15) is 28.0 Å². The molecule has 0 spiro atoms. The minimum Gasteiger partial charge on any atom is -0.358 e. The van der Waals surface area contributed by atoms with Gasteiger partial charge in [-0.2, -0.15) is 0 Å². The minimum atomic E-state index is -0.0725. The van der Waals surface area contributed by atoms with E-state index < -0.39 is 0 Å². The van der Waals surface area contributed by atoms with Gasteiger partial charge in [-0.3, -0.25) is 4.79 Å². The number of hydrogen-bond donors (Lipinski definition) is 2. The SMILES string of the molecule is CN(C)C1CCc2[nH]c3ccc(NC(=O)c4cccc5ccccc45)cc3c2C1. The topological polar surface area (TPSA) is 48.1 Å². The number of H-pyrrole nitrogens is 1. The number of rotatable bonds is 3. The second-order valence-electron chi connectivity index (χ2n) is 8.18. The fraction of sp³-hybridized carbons (Fsp3) is 0.240. The Morgan fingerprint density at radius 3 is 2.72 bits per heavy atom. The molecule has 0 saturated carbocycles. The molecule has 5 rings (SSSR count). The number of aromatic amines is 1. The highest BCUT2D eigenvalue weighted by molar-refractivity contribution is 6.13. The number of carbonyl (C=O) groups excluding carboxylic acids is 1. The van der Waals surface area contributed by atoms with Crippen molar-refractivity contribution in [1.29, 1.82) is 0 Å². The first-order chi connectivity index (χ1) is 14.1. The van der Waals surface area contributed by atoms with Gasteiger partial charge in [-0.05, 0) is 74.0 Å². The van der Waals surface area contributed by atoms with Gasteiger partial charge in [0.15, 0.2) is 0 Å². The van der Waals surface area contributed by atoms with Crippen LogP contribution in [-0.4, -0.2) is 35.9 Å². The molecule has 146 valence electrons. The molecule has 0 fully saturated rings. The summed E-state index contributed by atoms with van der Waals surface area (Å²) in [7, 11) is 4.31. The minimum absolute atomic E-state index is 0.0725. The monoisotopic (exact) mass is 383 g/mol. The van der Waals surface area contributed by atoms with Gasteiger partial charge in [-0.25, -0.2) is 0 Å². The van der Waals surface area contributed by atoms with Gasteiger partial charge in [0.2, 0.25) is 0 Å². The number of nitrogens with one attached hydrogen (secondary N) is 2. The number of amides is 1. The van der Waals surface area contributed by atoms with E-state index in [4.69, 9.17) is 0 Å². The molecule has 4 aromatic rings. The van der Waals surface area contributed by atoms with E-state index in [1.54, 1.807) is 0 Å². The van der Waals surface area contributed by atoms with Crippen molar-refractivity contribution in [1.82, 2.24) is 9.88 Å². The van der Waals surface area contributed by atoms with Crippen LogP contribution >= 0.6 is 0 Å². The number of hydrogen-bond acceptors (Lipinski definition) is 2. The number of aryl methyl sites for hydroxylation is 1. The van der Waals surface area contributed by atoms with E-state index in [1.165, 1.54) is 23.1 Å². The maximum atomic E-state index is 13.0. The first-order valence-corrected chi connectivity index (χ1v) is 10.2. The van der Waals surface area contributed by atoms with E-state index in [2.05, 4.69) is 41.4 Å². The number of fused-ring (bicyclic) bond motifs is 4. The molecule has 1 aliphatic carbocycles. The molecule has 29 heavy (non-hydrogen) atoms. The number of aromatic nitrogens is 1. The van der Waals surface area contributed by atoms with Gasteiger partial charge >= 0.3 is 0 Å². The van der Waals surface area contributed by atoms with E-state index in [0.29, 0.717) is 11.6 Å². The first kappa shape index (κ1) is 18.0. The van der Waals surface area contributed by atoms with Gasteiger partial charge < -0.3 is 15.2 Å². The van der Waals surface area contributed by atoms with E-state index in [-0.39, 0.29) is 5.91 Å². The Balaban J connectivity index is 1.48. The highest BCUT2D eigenvalue weighted by atomic mass is 16.1. The van der Waals surface area contributed by atoms with Crippen molar-refractivity contribution in [2.75, 3.05) is 19.4 Å². The molecular formula is C25H25N3O. The molecule has 3 aromatic carbocycles. The van der Waals surface area contributed by atoms with Crippen molar-refractivity contribution >= 4 is 33.3 Å². The summed E-state index contributed by atoms with van der Waals surface area (Å²) >= 11 is 0. The summed E-state index contributed by atoms with van der Waals surface area (Å²) in [4.78, 5) is 18.9. The van der Waals surface area contributed by atoms with Gasteiger partial charge in [0.05, 0.1) is 0 Å². The van der Waals surface area contributed by atoms with Crippen molar-refractivity contribution in [3.05, 3.63) is 77.5 Å². The molecule has 1 unspecified atom stereocenters. The summed E-state index contributed by atoms with van der Waals surface area (Å²) < 4.78 is 0. The molecule has 0 aliphatic heterocycles. The largest absolute Gasteiger partial charge is 0.358 e. The van der Waals surface area contributed by atoms with Crippen LogP contribution in [0.5, 0.6) is 0 Å². The van der Waals surface area contributed by atoms with Crippen LogP contribution in [0.2, 0.25) is 0 Å². The lowest BCUT2D eigenvalue weighted by Gasteiger charge is -2.28. The maximum Gasteiger partial charge on any atom is 0.256 e. The molecule has 0 radical (unpaired) electrons. The van der Waals surface area contributed by atoms with Crippen LogP contribution in [0.25, 0.3) is 21.7 Å². The summed E-state index contributed by atoms with van der Waals surface area (Å²) in [5.74, 6) is -0.0725. The van der Waals surface area contributed by atoms with E-state index in [1.807, 2.05) is 48.5 Å². The molecule has 2 N–H and O–H groups in total. The molecule has 1 aliphatic rings. The average Bonchev–Trinajstić information content (AvgIpc) is 3.10. The fourth-order valence-corrected chi connectivity index (χ4v) is 4.54. The average molecular weight is 383 g/mol. The Labute approximate surface area is 170 Å². The summed E-state index contributed by atoms with van der Waals surface area (Å²) in [5.41, 5.74) is 5.43. The summed E-state index contributed by atoms with van der Waals surface area (Å²) in [6.45, 7) is 0. The third-order valence-corrected chi connectivity index (χ3v) is 6.18. The molecular weight excluding hydrogens is 358 g/mol. The highest BCUT2D eigenvalue weighted by Crippen LogP contribution is 2.32. The fourth-order valence-electron chi connectivity index (χ4n) is 4.54. The molecule has 0 bridgehead atoms. The second kappa shape index (κ2) is 7.05. The van der Waals surface area contributed by atoms with Gasteiger partial charge in [0.1, 0.15) is 0 Å². The highest BCUT2D eigenvalue weighted by Gasteiger charge is 2.24. The van der Waals surface area contributed by atoms with Crippen LogP contribution in [0.3, 0.4) is 0 Å². The molecule has 1 aromatic heterocycles. The van der Waals surface area contributed by atoms with Gasteiger partial charge in [-0.15, -0.1) is 0 Å². The van der Waals surface area contributed by atoms with Crippen LogP contribution in [-0.2, 0) is 12.8 Å². The van der Waals surface area contributed by atoms with Crippen molar-refractivity contribution in [3.63, 3.8) is 0 Å². The zero-order valence-corrected chi connectivity index (χ0v) is 16.8. The number of carbonyl (C=O) groups is 1. The van der Waals surface area contributed by atoms with E-state index in [0.717, 1.165) is 34.8 Å². The Bertz CT molecular complexity index is 1220. The number of likely N-dealkylation sites (N-methyl/N-ethyl adjacent to an activating group) is 1. The predicted molar refractivity (Wildman–Crippen MR) is 120 cm³/mol. The maximum absolute atomic E-state index is 13.0. The molecule has 1 atom stereocenters. The van der Waals surface area contributed by atoms with Gasteiger partial charge in [0.25, 0.3) is 5.91 Å². The third-order valence-electron chi connectivity index (χ3n) is 6.18. The Kier molecular flexibility index (Phi) is 4.36. The summed E-state index contributed by atoms with van der Waals surface area (Å²) in [6, 6.07) is 20.6. The lowest BCUT2D eigenvalue weighted by atomic mass is 9.91. The quantitative estimate of drug-likeness (QED) is 0.523. The predicted octanol–water partition coefficient (Wildman–Crippen LogP) is 4.99. The molecule has 1 heterocycles. The van der Waals surface area contributed by atoms with Gasteiger partial charge in [0, 0.05) is 33.9 Å². The lowest BCUT2D eigenvalue weighted by Crippen LogP contribution is -2.33. The zero-order chi connectivity index (χ0) is 20.0. The lowest BCUT2D eigenvalue weighted by molar-refractivity contribution is 0.102. The summed E-state index contributed by atoms with van der Waals surface area (Å²) in [6.07, 6.45) is 3.30. The van der Waals surface area contributed by atoms with Crippen LogP contribution in [0.4, 0.5) is 5.69 Å². The third kappa shape index (κ3) is 3.19. The Hall–Kier alpha value is -3.11. The number of benzene rings is 3. The normalized spacial score (nSPS) is 16.3. The van der Waals surface area contributed by atoms with Crippen molar-refractivity contribution < 1.29 is 4.79 Å². The molecule has 0 saturated heterocycles. The van der Waals surface area contributed by atoms with E-state index >= 15 is 0 Å². The summed E-state index contributed by atoms with van der Waals surface area (Å²) in [5, 5.41) is 6.38. The van der Waals surface area contributed by atoms with Gasteiger partial charge in [-0.1, -0.05) is 36.4 Å². The smallest absolute Gasteiger partial charge is 0.256 e. The Morgan fingerprint density at radius 1 is 1.03 bits per heavy atom. The molecule has 4 nitrogen and oxygen atoms in total.